The Morgan fingerprint density at radius 1 is 0.750 bits per heavy atom. The fourth-order valence-corrected chi connectivity index (χ4v) is 0. The minimum absolute atomic E-state index is 0. The van der Waals surface area contributed by atoms with Gasteiger partial charge in [0.2, 0.25) is 0 Å². The Hall–Kier alpha value is 0.742. The van der Waals surface area contributed by atoms with E-state index in [-0.39, 0.29) is 40.7 Å². The van der Waals surface area contributed by atoms with Crippen LogP contribution in [0, 0.1) is 12.4 Å². The van der Waals surface area contributed by atoms with Gasteiger partial charge in [0.1, 0.15) is 0 Å². The van der Waals surface area contributed by atoms with Gasteiger partial charge in [-0.3, -0.25) is 0 Å². The topological polar surface area (TPSA) is 57.0 Å². The molecule has 22 valence electrons. The molecule has 0 aromatic rings. The van der Waals surface area contributed by atoms with Gasteiger partial charge >= 0.3 is 29.8 Å². The zero-order chi connectivity index (χ0) is 0. The molecule has 0 fully saturated rings. The van der Waals surface area contributed by atoms with Gasteiger partial charge in [-0.15, -0.1) is 0 Å². The SMILES string of the molecule is [Al+3].[Cl+].[O-2].[O-2]. The second-order valence-electron chi connectivity index (χ2n) is 0. The molecule has 0 aromatic heterocycles. The summed E-state index contributed by atoms with van der Waals surface area (Å²) < 4.78 is 0. The molecule has 0 aliphatic rings. The minimum atomic E-state index is 0. The van der Waals surface area contributed by atoms with Crippen molar-refractivity contribution >= 4 is 17.4 Å². The summed E-state index contributed by atoms with van der Waals surface area (Å²) in [6, 6.07) is 0. The van der Waals surface area contributed by atoms with Crippen molar-refractivity contribution in [2.24, 2.45) is 0 Å². The van der Waals surface area contributed by atoms with E-state index in [1.165, 1.54) is 0 Å². The summed E-state index contributed by atoms with van der Waals surface area (Å²) in [4.78, 5) is 0. The molecule has 4 heteroatoms. The van der Waals surface area contributed by atoms with Crippen molar-refractivity contribution in [3.8, 4) is 0 Å². The van der Waals surface area contributed by atoms with Crippen LogP contribution in [0.25, 0.3) is 0 Å². The smallest absolute Gasteiger partial charge is 2.00 e. The Morgan fingerprint density at radius 2 is 0.750 bits per heavy atom. The predicted octanol–water partition coefficient (Wildman–Crippen LogP) is -0.618. The molecule has 0 aromatic carbocycles. The van der Waals surface area contributed by atoms with E-state index in [1.54, 1.807) is 0 Å². The molecule has 2 nitrogen and oxygen atoms in total. The summed E-state index contributed by atoms with van der Waals surface area (Å²) in [5.74, 6) is 0. The zero-order valence-electron chi connectivity index (χ0n) is 1.77. The van der Waals surface area contributed by atoms with Crippen molar-refractivity contribution in [3.63, 3.8) is 0 Å². The van der Waals surface area contributed by atoms with Crippen molar-refractivity contribution in [3.05, 3.63) is 0 Å². The van der Waals surface area contributed by atoms with Crippen molar-refractivity contribution < 1.29 is 23.4 Å². The van der Waals surface area contributed by atoms with Crippen LogP contribution in [0.4, 0.5) is 0 Å². The molecule has 0 spiro atoms. The molecular weight excluding hydrogens is 94.4 g/mol. The van der Waals surface area contributed by atoms with E-state index in [1.807, 2.05) is 0 Å². The zero-order valence-corrected chi connectivity index (χ0v) is 3.68. The van der Waals surface area contributed by atoms with Crippen molar-refractivity contribution in [2.75, 3.05) is 0 Å². The summed E-state index contributed by atoms with van der Waals surface area (Å²) >= 11 is 0. The third kappa shape index (κ3) is 15.1. The minimum Gasteiger partial charge on any atom is -2.00 e. The van der Waals surface area contributed by atoms with Gasteiger partial charge in [0.25, 0.3) is 0 Å². The molecule has 0 rings (SSSR count). The summed E-state index contributed by atoms with van der Waals surface area (Å²) in [7, 11) is 0. The molecule has 0 heterocycles. The van der Waals surface area contributed by atoms with Crippen LogP contribution in [0.2, 0.25) is 0 Å². The van der Waals surface area contributed by atoms with E-state index in [0.29, 0.717) is 0 Å². The number of halogens is 1. The van der Waals surface area contributed by atoms with Crippen LogP contribution in [0.15, 0.2) is 0 Å². The predicted molar refractivity (Wildman–Crippen MR) is 7.13 cm³/mol. The van der Waals surface area contributed by atoms with Crippen LogP contribution in [-0.2, 0) is 11.0 Å². The van der Waals surface area contributed by atoms with Crippen molar-refractivity contribution in [1.82, 2.24) is 0 Å². The molecule has 0 saturated heterocycles. The normalized spacial score (nSPS) is 0. The summed E-state index contributed by atoms with van der Waals surface area (Å²) in [5, 5.41) is 0. The second kappa shape index (κ2) is 51.1. The molecule has 0 amide bonds. The average Bonchev–Trinajstić information content (AvgIpc) is 0. The first-order chi connectivity index (χ1) is 0. The molecule has 0 saturated carbocycles. The largest absolute Gasteiger partial charge is 3.00 e. The van der Waals surface area contributed by atoms with Gasteiger partial charge in [-0.2, -0.15) is 0 Å². The van der Waals surface area contributed by atoms with Gasteiger partial charge in [0, 0.05) is 0 Å². The Labute approximate surface area is 41.4 Å². The Bertz CT molecular complexity index is 6.00. The molecule has 0 unspecified atom stereocenters. The van der Waals surface area contributed by atoms with E-state index in [0.717, 1.165) is 0 Å². The van der Waals surface area contributed by atoms with Gasteiger partial charge in [0.05, 0.1) is 0 Å². The van der Waals surface area contributed by atoms with Crippen LogP contribution in [0.3, 0.4) is 0 Å². The molecule has 2 radical (unpaired) electrons. The maximum absolute atomic E-state index is 0. The van der Waals surface area contributed by atoms with Crippen LogP contribution in [0.5, 0.6) is 0 Å². The molecule has 0 aliphatic carbocycles. The monoisotopic (exact) mass is 93.9 g/mol. The summed E-state index contributed by atoms with van der Waals surface area (Å²) in [5.41, 5.74) is 0. The first-order valence-electron chi connectivity index (χ1n) is 0. The summed E-state index contributed by atoms with van der Waals surface area (Å²) in [6.45, 7) is 0. The Balaban J connectivity index is 0. The summed E-state index contributed by atoms with van der Waals surface area (Å²) in [6.07, 6.45) is 0. The van der Waals surface area contributed by atoms with Crippen LogP contribution < -0.4 is 0 Å². The van der Waals surface area contributed by atoms with Crippen LogP contribution in [-0.4, -0.2) is 17.4 Å². The second-order valence-corrected chi connectivity index (χ2v) is 0. The third-order valence-electron chi connectivity index (χ3n) is 0. The van der Waals surface area contributed by atoms with Gasteiger partial charge < -0.3 is 11.0 Å². The third-order valence-corrected chi connectivity index (χ3v) is 0. The van der Waals surface area contributed by atoms with E-state index in [2.05, 4.69) is 0 Å². The first-order valence-corrected chi connectivity index (χ1v) is 0. The fraction of sp³-hybridized carbons (Fsp3) is 0. The van der Waals surface area contributed by atoms with E-state index in [9.17, 15) is 0 Å². The van der Waals surface area contributed by atoms with Gasteiger partial charge in [0.15, 0.2) is 0 Å². The maximum atomic E-state index is 0. The maximum Gasteiger partial charge on any atom is 3.00 e. The molecule has 0 N–H and O–H groups in total. The molecule has 0 bridgehead atoms. The molecule has 0 atom stereocenters. The molecular formula is AlClO2. The quantitative estimate of drug-likeness (QED) is 0.359. The molecule has 0 aliphatic heterocycles. The van der Waals surface area contributed by atoms with E-state index in [4.69, 9.17) is 0 Å². The average molecular weight is 94.4 g/mol. The van der Waals surface area contributed by atoms with Gasteiger partial charge in [-0.25, -0.2) is 0 Å². The molecule has 4 heavy (non-hydrogen) atoms. The first kappa shape index (κ1) is 120. The fourth-order valence-electron chi connectivity index (χ4n) is 0. The number of hydrogen-bond donors (Lipinski definition) is 0. The standard InChI is InChI=1S/Al.Cl.2O/q+3;+1;2*-2. The number of rotatable bonds is 0. The van der Waals surface area contributed by atoms with Crippen LogP contribution >= 0.6 is 0 Å². The van der Waals surface area contributed by atoms with E-state index >= 15 is 0 Å². The Morgan fingerprint density at radius 3 is 0.750 bits per heavy atom. The van der Waals surface area contributed by atoms with E-state index < -0.39 is 0 Å². The Kier molecular flexibility index (Phi) is 1540. The van der Waals surface area contributed by atoms with Gasteiger partial charge in [-0.05, 0) is 0 Å². The van der Waals surface area contributed by atoms with Crippen LogP contribution in [0.1, 0.15) is 0 Å². The van der Waals surface area contributed by atoms with Crippen molar-refractivity contribution in [1.29, 1.82) is 0 Å². The van der Waals surface area contributed by atoms with Gasteiger partial charge in [-0.1, -0.05) is 0 Å². The number of hydrogen-bond acceptors (Lipinski definition) is 0. The van der Waals surface area contributed by atoms with Crippen molar-refractivity contribution in [2.45, 2.75) is 0 Å².